The monoisotopic (exact) mass is 138 g/mol. The number of fused-ring (bicyclic) bond motifs is 1. The van der Waals surface area contributed by atoms with Gasteiger partial charge in [0, 0.05) is 0 Å². The van der Waals surface area contributed by atoms with E-state index in [0.717, 1.165) is 4.63 Å². The number of rotatable bonds is 0. The van der Waals surface area contributed by atoms with E-state index in [-0.39, 0.29) is 5.82 Å². The second-order valence-electron chi connectivity index (χ2n) is 1.56. The van der Waals surface area contributed by atoms with Crippen LogP contribution in [0.2, 0.25) is 0 Å². The first-order valence-corrected chi connectivity index (χ1v) is 2.41. The van der Waals surface area contributed by atoms with Crippen LogP contribution in [-0.4, -0.2) is 35.7 Å². The predicted octanol–water partition coefficient (Wildman–Crippen LogP) is -2.11. The predicted molar refractivity (Wildman–Crippen MR) is 28.6 cm³/mol. The van der Waals surface area contributed by atoms with Gasteiger partial charge in [-0.3, -0.25) is 0 Å². The maximum absolute atomic E-state index is 5.32. The van der Waals surface area contributed by atoms with Crippen molar-refractivity contribution in [1.82, 2.24) is 35.7 Å². The third-order valence-electron chi connectivity index (χ3n) is 0.960. The molecule has 0 atom stereocenters. The zero-order valence-corrected chi connectivity index (χ0v) is 4.71. The molecule has 0 saturated carbocycles. The van der Waals surface area contributed by atoms with Gasteiger partial charge in [0.25, 0.3) is 0 Å². The van der Waals surface area contributed by atoms with Gasteiger partial charge in [-0.25, -0.2) is 0 Å². The summed E-state index contributed by atoms with van der Waals surface area (Å²) in [7, 11) is 0. The van der Waals surface area contributed by atoms with E-state index >= 15 is 0 Å². The molecule has 8 nitrogen and oxygen atoms in total. The van der Waals surface area contributed by atoms with E-state index in [2.05, 4.69) is 31.1 Å². The molecule has 0 aliphatic heterocycles. The van der Waals surface area contributed by atoms with Crippen molar-refractivity contribution < 1.29 is 0 Å². The Bertz CT molecular complexity index is 349. The van der Waals surface area contributed by atoms with E-state index in [1.165, 1.54) is 0 Å². The molecular formula is C2H2N8. The van der Waals surface area contributed by atoms with Gasteiger partial charge in [-0.05, 0) is 20.9 Å². The van der Waals surface area contributed by atoms with Gasteiger partial charge in [0.15, 0.2) is 5.82 Å². The van der Waals surface area contributed by atoms with Crippen LogP contribution in [0.25, 0.3) is 5.65 Å². The molecule has 0 fully saturated rings. The molecule has 0 spiro atoms. The lowest BCUT2D eigenvalue weighted by molar-refractivity contribution is 0.644. The fourth-order valence-corrected chi connectivity index (χ4v) is 0.547. The molecule has 8 heteroatoms. The van der Waals surface area contributed by atoms with E-state index < -0.39 is 0 Å². The third kappa shape index (κ3) is 0.493. The first-order valence-electron chi connectivity index (χ1n) is 2.41. The molecule has 0 aliphatic carbocycles. The fourth-order valence-electron chi connectivity index (χ4n) is 0.547. The summed E-state index contributed by atoms with van der Waals surface area (Å²) >= 11 is 0. The first-order chi connectivity index (χ1) is 4.88. The van der Waals surface area contributed by atoms with E-state index in [9.17, 15) is 0 Å². The molecule has 0 saturated heterocycles. The van der Waals surface area contributed by atoms with Crippen LogP contribution in [0.5, 0.6) is 0 Å². The van der Waals surface area contributed by atoms with Crippen molar-refractivity contribution >= 4 is 11.5 Å². The Kier molecular flexibility index (Phi) is 0.774. The summed E-state index contributed by atoms with van der Waals surface area (Å²) in [5.41, 5.74) is 5.64. The lowest BCUT2D eigenvalue weighted by Crippen LogP contribution is -2.03. The Labute approximate surface area is 54.0 Å². The maximum Gasteiger partial charge on any atom is 0.245 e. The molecule has 2 rings (SSSR count). The summed E-state index contributed by atoms with van der Waals surface area (Å²) in [5, 5.41) is 20.4. The lowest BCUT2D eigenvalue weighted by atomic mass is 10.7. The number of hydrogen-bond acceptors (Lipinski definition) is 7. The van der Waals surface area contributed by atoms with E-state index in [4.69, 9.17) is 5.73 Å². The molecule has 0 aliphatic rings. The quantitative estimate of drug-likeness (QED) is 0.443. The van der Waals surface area contributed by atoms with Crippen LogP contribution >= 0.6 is 0 Å². The first kappa shape index (κ1) is 4.97. The van der Waals surface area contributed by atoms with Crippen molar-refractivity contribution in [3.8, 4) is 0 Å². The molecule has 0 unspecified atom stereocenters. The summed E-state index contributed by atoms with van der Waals surface area (Å²) in [4.78, 5) is 0. The minimum atomic E-state index is 0.167. The minimum Gasteiger partial charge on any atom is -0.379 e. The Morgan fingerprint density at radius 1 is 1.10 bits per heavy atom. The van der Waals surface area contributed by atoms with Crippen molar-refractivity contribution in [2.24, 2.45) is 0 Å². The molecule has 0 radical (unpaired) electrons. The molecule has 10 heavy (non-hydrogen) atoms. The van der Waals surface area contributed by atoms with Crippen LogP contribution in [0, 0.1) is 0 Å². The molecule has 2 heterocycles. The molecule has 0 bridgehead atoms. The standard InChI is InChI=1S/C2H2N8/c3-1-2-5-7-9-10(2)8-6-4-1/h(H2,3,4,8). The molecule has 50 valence electrons. The largest absolute Gasteiger partial charge is 0.379 e. The second-order valence-corrected chi connectivity index (χ2v) is 1.56. The van der Waals surface area contributed by atoms with Gasteiger partial charge in [-0.15, -0.1) is 10.2 Å². The Balaban J connectivity index is 2.95. The average Bonchev–Trinajstić information content (AvgIpc) is 2.36. The Morgan fingerprint density at radius 2 is 1.80 bits per heavy atom. The summed E-state index contributed by atoms with van der Waals surface area (Å²) < 4.78 is 1.10. The third-order valence-corrected chi connectivity index (χ3v) is 0.960. The van der Waals surface area contributed by atoms with Crippen LogP contribution in [-0.2, 0) is 0 Å². The van der Waals surface area contributed by atoms with Gasteiger partial charge in [0.05, 0.1) is 0 Å². The van der Waals surface area contributed by atoms with Crippen molar-refractivity contribution in [3.63, 3.8) is 0 Å². The number of hydrogen-bond donors (Lipinski definition) is 1. The number of nitrogens with two attached hydrogens (primary N) is 1. The van der Waals surface area contributed by atoms with Gasteiger partial charge in [0.2, 0.25) is 5.65 Å². The molecule has 2 aromatic rings. The molecule has 2 N–H and O–H groups in total. The van der Waals surface area contributed by atoms with Gasteiger partial charge in [-0.1, -0.05) is 4.63 Å². The highest BCUT2D eigenvalue weighted by Gasteiger charge is 2.01. The van der Waals surface area contributed by atoms with Crippen LogP contribution in [0.1, 0.15) is 0 Å². The molecular weight excluding hydrogens is 136 g/mol. The van der Waals surface area contributed by atoms with Crippen LogP contribution in [0.3, 0.4) is 0 Å². The highest BCUT2D eigenvalue weighted by atomic mass is 15.7. The smallest absolute Gasteiger partial charge is 0.245 e. The maximum atomic E-state index is 5.32. The Hall–Kier alpha value is -1.86. The fraction of sp³-hybridized carbons (Fsp3) is 0. The SMILES string of the molecule is Nc1nnnn2nnnc12. The minimum absolute atomic E-state index is 0.167. The molecule has 0 aromatic carbocycles. The van der Waals surface area contributed by atoms with Crippen LogP contribution < -0.4 is 5.73 Å². The highest BCUT2D eigenvalue weighted by molar-refractivity contribution is 5.55. The summed E-state index contributed by atoms with van der Waals surface area (Å²) in [6.45, 7) is 0. The number of nitrogen functional groups attached to an aromatic ring is 1. The van der Waals surface area contributed by atoms with Crippen molar-refractivity contribution in [1.29, 1.82) is 0 Å². The van der Waals surface area contributed by atoms with E-state index in [1.807, 2.05) is 0 Å². The van der Waals surface area contributed by atoms with Gasteiger partial charge in [0.1, 0.15) is 0 Å². The normalized spacial score (nSPS) is 10.4. The van der Waals surface area contributed by atoms with Gasteiger partial charge >= 0.3 is 0 Å². The van der Waals surface area contributed by atoms with Gasteiger partial charge < -0.3 is 5.73 Å². The average molecular weight is 138 g/mol. The van der Waals surface area contributed by atoms with E-state index in [0.29, 0.717) is 5.65 Å². The number of aromatic nitrogens is 7. The molecule has 0 amide bonds. The van der Waals surface area contributed by atoms with Crippen LogP contribution in [0.15, 0.2) is 0 Å². The lowest BCUT2D eigenvalue weighted by Gasteiger charge is -1.86. The summed E-state index contributed by atoms with van der Waals surface area (Å²) in [5.74, 6) is 0.167. The number of tetrazole rings is 1. The molecule has 2 aromatic heterocycles. The highest BCUT2D eigenvalue weighted by Crippen LogP contribution is 1.97. The number of nitrogens with zero attached hydrogens (tertiary/aromatic N) is 7. The van der Waals surface area contributed by atoms with Crippen molar-refractivity contribution in [2.45, 2.75) is 0 Å². The zero-order chi connectivity index (χ0) is 6.97. The topological polar surface area (TPSA) is 108 Å². The van der Waals surface area contributed by atoms with Crippen molar-refractivity contribution in [3.05, 3.63) is 0 Å². The number of anilines is 1. The van der Waals surface area contributed by atoms with Gasteiger partial charge in [-0.2, -0.15) is 0 Å². The van der Waals surface area contributed by atoms with Crippen molar-refractivity contribution in [2.75, 3.05) is 5.73 Å². The second kappa shape index (κ2) is 1.56. The van der Waals surface area contributed by atoms with E-state index in [1.54, 1.807) is 0 Å². The summed E-state index contributed by atoms with van der Waals surface area (Å²) in [6.07, 6.45) is 0. The summed E-state index contributed by atoms with van der Waals surface area (Å²) in [6, 6.07) is 0. The zero-order valence-electron chi connectivity index (χ0n) is 4.71. The van der Waals surface area contributed by atoms with Crippen LogP contribution in [0.4, 0.5) is 5.82 Å². The Morgan fingerprint density at radius 3 is 2.50 bits per heavy atom.